The van der Waals surface area contributed by atoms with Gasteiger partial charge in [-0.05, 0) is 13.3 Å². The Morgan fingerprint density at radius 3 is 2.76 bits per heavy atom. The van der Waals surface area contributed by atoms with Gasteiger partial charge in [0.05, 0.1) is 9.95 Å². The van der Waals surface area contributed by atoms with E-state index in [0.717, 1.165) is 25.0 Å². The van der Waals surface area contributed by atoms with E-state index in [2.05, 4.69) is 5.32 Å². The molecule has 0 heterocycles. The summed E-state index contributed by atoms with van der Waals surface area (Å²) in [7, 11) is 0. The highest BCUT2D eigenvalue weighted by Crippen LogP contribution is 2.31. The lowest BCUT2D eigenvalue weighted by molar-refractivity contribution is -0.384. The first-order valence-electron chi connectivity index (χ1n) is 5.35. The van der Waals surface area contributed by atoms with Gasteiger partial charge in [-0.1, -0.05) is 24.9 Å². The van der Waals surface area contributed by atoms with Crippen LogP contribution in [0.4, 0.5) is 15.8 Å². The summed E-state index contributed by atoms with van der Waals surface area (Å²) in [5.41, 5.74) is -0.0443. The summed E-state index contributed by atoms with van der Waals surface area (Å²) in [6.45, 7) is 3.90. The zero-order chi connectivity index (χ0) is 13.0. The maximum Gasteiger partial charge on any atom is 0.294 e. The predicted octanol–water partition coefficient (Wildman–Crippen LogP) is 3.99. The van der Waals surface area contributed by atoms with E-state index in [9.17, 15) is 14.5 Å². The smallest absolute Gasteiger partial charge is 0.294 e. The van der Waals surface area contributed by atoms with Crippen molar-refractivity contribution in [2.24, 2.45) is 0 Å². The van der Waals surface area contributed by atoms with Gasteiger partial charge in [0, 0.05) is 18.2 Å². The molecule has 1 N–H and O–H groups in total. The van der Waals surface area contributed by atoms with Crippen molar-refractivity contribution in [3.8, 4) is 0 Å². The molecule has 0 saturated heterocycles. The number of hydrogen-bond acceptors (Lipinski definition) is 3. The van der Waals surface area contributed by atoms with Crippen LogP contribution in [0.3, 0.4) is 0 Å². The number of halogens is 2. The molecule has 1 atom stereocenters. The van der Waals surface area contributed by atoms with Gasteiger partial charge in [-0.15, -0.1) is 0 Å². The van der Waals surface area contributed by atoms with E-state index < -0.39 is 10.7 Å². The molecule has 0 aliphatic heterocycles. The van der Waals surface area contributed by atoms with E-state index >= 15 is 0 Å². The average molecular weight is 261 g/mol. The van der Waals surface area contributed by atoms with Gasteiger partial charge < -0.3 is 5.32 Å². The molecule has 94 valence electrons. The zero-order valence-corrected chi connectivity index (χ0v) is 10.4. The quantitative estimate of drug-likeness (QED) is 0.643. The molecule has 4 nitrogen and oxygen atoms in total. The van der Waals surface area contributed by atoms with Crippen molar-refractivity contribution in [3.05, 3.63) is 33.1 Å². The lowest BCUT2D eigenvalue weighted by Gasteiger charge is -2.14. The van der Waals surface area contributed by atoms with Crippen molar-refractivity contribution in [2.45, 2.75) is 32.7 Å². The van der Waals surface area contributed by atoms with E-state index in [1.807, 2.05) is 13.8 Å². The molecule has 0 aromatic heterocycles. The lowest BCUT2D eigenvalue weighted by Crippen LogP contribution is -2.15. The largest absolute Gasteiger partial charge is 0.377 e. The molecule has 0 saturated carbocycles. The molecule has 1 aromatic carbocycles. The van der Waals surface area contributed by atoms with Gasteiger partial charge in [0.1, 0.15) is 11.5 Å². The number of rotatable bonds is 5. The molecule has 1 rings (SSSR count). The van der Waals surface area contributed by atoms with Crippen LogP contribution in [0.1, 0.15) is 26.7 Å². The Bertz CT molecular complexity index is 426. The first-order valence-corrected chi connectivity index (χ1v) is 5.73. The maximum atomic E-state index is 13.3. The summed E-state index contributed by atoms with van der Waals surface area (Å²) in [4.78, 5) is 10.2. The van der Waals surface area contributed by atoms with Crippen LogP contribution in [-0.2, 0) is 0 Å². The van der Waals surface area contributed by atoms with Crippen LogP contribution in [0.5, 0.6) is 0 Å². The fourth-order valence-corrected chi connectivity index (χ4v) is 1.73. The van der Waals surface area contributed by atoms with Crippen molar-refractivity contribution in [3.63, 3.8) is 0 Å². The minimum Gasteiger partial charge on any atom is -0.377 e. The SMILES string of the molecule is CCCC(C)Nc1cc(F)c(Cl)cc1[N+](=O)[O-]. The highest BCUT2D eigenvalue weighted by Gasteiger charge is 2.18. The molecule has 0 aliphatic rings. The van der Waals surface area contributed by atoms with Gasteiger partial charge in [0.15, 0.2) is 0 Å². The minimum absolute atomic E-state index is 0.0410. The fraction of sp³-hybridized carbons (Fsp3) is 0.455. The molecule has 0 bridgehead atoms. The summed E-state index contributed by atoms with van der Waals surface area (Å²) in [5.74, 6) is -0.663. The highest BCUT2D eigenvalue weighted by atomic mass is 35.5. The third kappa shape index (κ3) is 3.56. The van der Waals surface area contributed by atoms with Crippen LogP contribution in [0, 0.1) is 15.9 Å². The van der Waals surface area contributed by atoms with Crippen molar-refractivity contribution < 1.29 is 9.31 Å². The van der Waals surface area contributed by atoms with Crippen molar-refractivity contribution in [2.75, 3.05) is 5.32 Å². The molecule has 0 fully saturated rings. The topological polar surface area (TPSA) is 55.2 Å². The highest BCUT2D eigenvalue weighted by molar-refractivity contribution is 6.31. The van der Waals surface area contributed by atoms with E-state index in [-0.39, 0.29) is 22.4 Å². The number of benzene rings is 1. The molecule has 6 heteroatoms. The van der Waals surface area contributed by atoms with Crippen LogP contribution in [0.2, 0.25) is 5.02 Å². The number of nitro groups is 1. The van der Waals surface area contributed by atoms with Crippen molar-refractivity contribution in [1.29, 1.82) is 0 Å². The first-order chi connectivity index (χ1) is 7.95. The number of hydrogen-bond donors (Lipinski definition) is 1. The van der Waals surface area contributed by atoms with Crippen LogP contribution < -0.4 is 5.32 Å². The standard InChI is InChI=1S/C11H14ClFN2O2/c1-3-4-7(2)14-10-6-9(13)8(12)5-11(10)15(16)17/h5-7,14H,3-4H2,1-2H3. The van der Waals surface area contributed by atoms with Gasteiger partial charge in [-0.2, -0.15) is 0 Å². The summed E-state index contributed by atoms with van der Waals surface area (Å²) < 4.78 is 13.3. The second-order valence-corrected chi connectivity index (χ2v) is 4.28. The Morgan fingerprint density at radius 1 is 1.59 bits per heavy atom. The third-order valence-corrected chi connectivity index (χ3v) is 2.65. The summed E-state index contributed by atoms with van der Waals surface area (Å²) in [6, 6.07) is 2.13. The van der Waals surface area contributed by atoms with E-state index in [0.29, 0.717) is 0 Å². The van der Waals surface area contributed by atoms with Crippen LogP contribution in [-0.4, -0.2) is 11.0 Å². The molecule has 1 aromatic rings. The van der Waals surface area contributed by atoms with Crippen molar-refractivity contribution >= 4 is 23.0 Å². The minimum atomic E-state index is -0.663. The fourth-order valence-electron chi connectivity index (χ4n) is 1.57. The summed E-state index contributed by atoms with van der Waals surface area (Å²) >= 11 is 5.52. The van der Waals surface area contributed by atoms with E-state index in [1.165, 1.54) is 0 Å². The molecule has 1 unspecified atom stereocenters. The van der Waals surface area contributed by atoms with Gasteiger partial charge in [0.2, 0.25) is 0 Å². The van der Waals surface area contributed by atoms with Crippen LogP contribution in [0.15, 0.2) is 12.1 Å². The Morgan fingerprint density at radius 2 is 2.24 bits per heavy atom. The average Bonchev–Trinajstić information content (AvgIpc) is 2.23. The first kappa shape index (κ1) is 13.7. The summed E-state index contributed by atoms with van der Waals surface area (Å²) in [5, 5.41) is 13.5. The van der Waals surface area contributed by atoms with Crippen LogP contribution >= 0.6 is 11.6 Å². The number of anilines is 1. The number of nitrogens with one attached hydrogen (secondary N) is 1. The summed E-state index contributed by atoms with van der Waals surface area (Å²) in [6.07, 6.45) is 1.79. The van der Waals surface area contributed by atoms with Gasteiger partial charge in [-0.25, -0.2) is 4.39 Å². The van der Waals surface area contributed by atoms with Crippen molar-refractivity contribution in [1.82, 2.24) is 0 Å². The molecule has 17 heavy (non-hydrogen) atoms. The molecule has 0 spiro atoms. The molecular weight excluding hydrogens is 247 g/mol. The molecular formula is C11H14ClFN2O2. The predicted molar refractivity (Wildman–Crippen MR) is 66.1 cm³/mol. The molecule has 0 aliphatic carbocycles. The maximum absolute atomic E-state index is 13.3. The van der Waals surface area contributed by atoms with Crippen LogP contribution in [0.25, 0.3) is 0 Å². The van der Waals surface area contributed by atoms with Gasteiger partial charge in [0.25, 0.3) is 5.69 Å². The Labute approximate surface area is 104 Å². The number of nitrogens with zero attached hydrogens (tertiary/aromatic N) is 1. The number of nitro benzene ring substituents is 1. The monoisotopic (exact) mass is 260 g/mol. The van der Waals surface area contributed by atoms with Gasteiger partial charge in [-0.3, -0.25) is 10.1 Å². The van der Waals surface area contributed by atoms with E-state index in [4.69, 9.17) is 11.6 Å². The molecule has 0 radical (unpaired) electrons. The Balaban J connectivity index is 3.04. The normalized spacial score (nSPS) is 12.2. The lowest BCUT2D eigenvalue weighted by atomic mass is 10.1. The second-order valence-electron chi connectivity index (χ2n) is 3.87. The third-order valence-electron chi connectivity index (χ3n) is 2.36. The second kappa shape index (κ2) is 5.82. The zero-order valence-electron chi connectivity index (χ0n) is 9.67. The Kier molecular flexibility index (Phi) is 4.69. The Hall–Kier alpha value is -1.36. The van der Waals surface area contributed by atoms with E-state index in [1.54, 1.807) is 0 Å². The molecule has 0 amide bonds. The van der Waals surface area contributed by atoms with Gasteiger partial charge >= 0.3 is 0 Å².